The van der Waals surface area contributed by atoms with Gasteiger partial charge in [0, 0.05) is 6.61 Å². The maximum absolute atomic E-state index is 11.4. The summed E-state index contributed by atoms with van der Waals surface area (Å²) in [5, 5.41) is 4.71. The highest BCUT2D eigenvalue weighted by molar-refractivity contribution is 7.89. The van der Waals surface area contributed by atoms with Crippen molar-refractivity contribution in [1.29, 1.82) is 0 Å². The third-order valence-corrected chi connectivity index (χ3v) is 4.38. The van der Waals surface area contributed by atoms with Gasteiger partial charge in [-0.2, -0.15) is 0 Å². The molecule has 4 nitrogen and oxygen atoms in total. The molecular weight excluding hydrogens is 214 g/mol. The van der Waals surface area contributed by atoms with Crippen molar-refractivity contribution in [1.82, 2.24) is 0 Å². The van der Waals surface area contributed by atoms with Crippen LogP contribution in [0.1, 0.15) is 26.2 Å². The van der Waals surface area contributed by atoms with E-state index in [4.69, 9.17) is 9.88 Å². The summed E-state index contributed by atoms with van der Waals surface area (Å²) >= 11 is 0. The van der Waals surface area contributed by atoms with E-state index in [-0.39, 0.29) is 12.0 Å². The Morgan fingerprint density at radius 2 is 2.27 bits per heavy atom. The Labute approximate surface area is 91.5 Å². The van der Waals surface area contributed by atoms with Crippen LogP contribution in [0.4, 0.5) is 0 Å². The summed E-state index contributed by atoms with van der Waals surface area (Å²) in [4.78, 5) is 0. The molecule has 1 aliphatic heterocycles. The molecule has 1 rings (SSSR count). The van der Waals surface area contributed by atoms with Gasteiger partial charge in [-0.05, 0) is 25.2 Å². The minimum absolute atomic E-state index is 0.00157. The van der Waals surface area contributed by atoms with Gasteiger partial charge in [-0.1, -0.05) is 13.0 Å². The van der Waals surface area contributed by atoms with E-state index in [0.29, 0.717) is 12.8 Å². The number of hydrogen-bond acceptors (Lipinski definition) is 3. The summed E-state index contributed by atoms with van der Waals surface area (Å²) in [5.74, 6) is 0.00157. The number of hydrogen-bond donors (Lipinski definition) is 1. The largest absolute Gasteiger partial charge is 0.378 e. The quantitative estimate of drug-likeness (QED) is 0.697. The van der Waals surface area contributed by atoms with Gasteiger partial charge in [0.2, 0.25) is 10.0 Å². The Kier molecular flexibility index (Phi) is 4.31. The van der Waals surface area contributed by atoms with E-state index in [9.17, 15) is 8.42 Å². The van der Waals surface area contributed by atoms with Crippen LogP contribution in [0.25, 0.3) is 0 Å². The number of ether oxygens (including phenoxy) is 1. The molecular formula is C10H19NO3S. The van der Waals surface area contributed by atoms with Crippen LogP contribution in [-0.2, 0) is 14.8 Å². The fourth-order valence-electron chi connectivity index (χ4n) is 1.83. The summed E-state index contributed by atoms with van der Waals surface area (Å²) < 4.78 is 28.1. The number of rotatable bonds is 6. The second-order valence-electron chi connectivity index (χ2n) is 4.15. The zero-order valence-electron chi connectivity index (χ0n) is 9.06. The molecule has 0 bridgehead atoms. The van der Waals surface area contributed by atoms with Gasteiger partial charge >= 0.3 is 0 Å². The first-order chi connectivity index (χ1) is 6.95. The van der Waals surface area contributed by atoms with Gasteiger partial charge in [-0.25, -0.2) is 13.6 Å². The van der Waals surface area contributed by atoms with Crippen LogP contribution in [-0.4, -0.2) is 26.4 Å². The second-order valence-corrected chi connectivity index (χ2v) is 5.93. The molecule has 0 amide bonds. The van der Waals surface area contributed by atoms with Crippen LogP contribution < -0.4 is 5.14 Å². The maximum Gasteiger partial charge on any atom is 0.212 e. The van der Waals surface area contributed by atoms with Crippen molar-refractivity contribution >= 4 is 10.0 Å². The molecule has 2 N–H and O–H groups in total. The summed E-state index contributed by atoms with van der Waals surface area (Å²) in [6.45, 7) is 6.23. The minimum atomic E-state index is -3.49. The van der Waals surface area contributed by atoms with Crippen molar-refractivity contribution in [3.63, 3.8) is 0 Å². The molecule has 1 aliphatic rings. The third kappa shape index (κ3) is 3.59. The molecule has 3 atom stereocenters. The molecule has 88 valence electrons. The standard InChI is InChI=1S/C10H19NO3S/c1-3-4-8(2)10(15(11,12)13)7-9-5-6-14-9/h3,8-10H,1,4-7H2,2H3,(H2,11,12,13)/t8-,9-,10-/m0/s1. The van der Waals surface area contributed by atoms with Crippen LogP contribution in [0.15, 0.2) is 12.7 Å². The molecule has 0 aliphatic carbocycles. The number of allylic oxidation sites excluding steroid dienone is 1. The fraction of sp³-hybridized carbons (Fsp3) is 0.800. The third-order valence-electron chi connectivity index (χ3n) is 2.88. The van der Waals surface area contributed by atoms with Crippen LogP contribution in [0.5, 0.6) is 0 Å². The van der Waals surface area contributed by atoms with Crippen LogP contribution in [0, 0.1) is 5.92 Å². The van der Waals surface area contributed by atoms with Gasteiger partial charge in [0.15, 0.2) is 0 Å². The predicted molar refractivity (Wildman–Crippen MR) is 59.8 cm³/mol. The van der Waals surface area contributed by atoms with Crippen molar-refractivity contribution in [2.75, 3.05) is 6.61 Å². The van der Waals surface area contributed by atoms with Gasteiger partial charge in [0.05, 0.1) is 11.4 Å². The Hall–Kier alpha value is -0.390. The monoisotopic (exact) mass is 233 g/mol. The molecule has 0 radical (unpaired) electrons. The first-order valence-corrected chi connectivity index (χ1v) is 6.80. The van der Waals surface area contributed by atoms with Gasteiger partial charge in [-0.15, -0.1) is 6.58 Å². The number of nitrogens with two attached hydrogens (primary N) is 1. The summed E-state index contributed by atoms with van der Waals surface area (Å²) in [5.41, 5.74) is 0. The molecule has 0 unspecified atom stereocenters. The van der Waals surface area contributed by atoms with E-state index in [1.807, 2.05) is 6.92 Å². The average molecular weight is 233 g/mol. The first-order valence-electron chi connectivity index (χ1n) is 5.19. The maximum atomic E-state index is 11.4. The molecule has 1 fully saturated rings. The normalized spacial score (nSPS) is 25.3. The van der Waals surface area contributed by atoms with Gasteiger partial charge in [0.1, 0.15) is 0 Å². The second kappa shape index (κ2) is 5.09. The highest BCUT2D eigenvalue weighted by Gasteiger charge is 2.32. The zero-order chi connectivity index (χ0) is 11.5. The average Bonchev–Trinajstić information content (AvgIpc) is 1.99. The molecule has 1 saturated heterocycles. The minimum Gasteiger partial charge on any atom is -0.378 e. The van der Waals surface area contributed by atoms with E-state index in [1.54, 1.807) is 6.08 Å². The summed E-state index contributed by atoms with van der Waals surface area (Å²) in [6.07, 6.45) is 3.90. The smallest absolute Gasteiger partial charge is 0.212 e. The van der Waals surface area contributed by atoms with Crippen LogP contribution in [0.3, 0.4) is 0 Å². The molecule has 1 heterocycles. The lowest BCUT2D eigenvalue weighted by atomic mass is 9.96. The zero-order valence-corrected chi connectivity index (χ0v) is 9.87. The van der Waals surface area contributed by atoms with Crippen molar-refractivity contribution in [2.45, 2.75) is 37.5 Å². The van der Waals surface area contributed by atoms with Crippen molar-refractivity contribution < 1.29 is 13.2 Å². The molecule has 5 heteroatoms. The number of sulfonamides is 1. The van der Waals surface area contributed by atoms with Crippen LogP contribution in [0.2, 0.25) is 0 Å². The van der Waals surface area contributed by atoms with E-state index in [0.717, 1.165) is 13.0 Å². The van der Waals surface area contributed by atoms with Crippen molar-refractivity contribution in [3.8, 4) is 0 Å². The van der Waals surface area contributed by atoms with Gasteiger partial charge < -0.3 is 4.74 Å². The van der Waals surface area contributed by atoms with E-state index >= 15 is 0 Å². The molecule has 0 aromatic heterocycles. The number of primary sulfonamides is 1. The van der Waals surface area contributed by atoms with E-state index in [1.165, 1.54) is 0 Å². The topological polar surface area (TPSA) is 69.4 Å². The highest BCUT2D eigenvalue weighted by atomic mass is 32.2. The lowest BCUT2D eigenvalue weighted by molar-refractivity contribution is -0.0563. The molecule has 0 aromatic carbocycles. The Bertz CT molecular complexity index is 309. The molecule has 0 spiro atoms. The first kappa shape index (κ1) is 12.7. The lowest BCUT2D eigenvalue weighted by Crippen LogP contribution is -2.40. The van der Waals surface area contributed by atoms with Gasteiger partial charge in [0.25, 0.3) is 0 Å². The van der Waals surface area contributed by atoms with Gasteiger partial charge in [-0.3, -0.25) is 0 Å². The summed E-state index contributed by atoms with van der Waals surface area (Å²) in [6, 6.07) is 0. The predicted octanol–water partition coefficient (Wildman–Crippen LogP) is 1.03. The summed E-state index contributed by atoms with van der Waals surface area (Å²) in [7, 11) is -3.49. The van der Waals surface area contributed by atoms with Crippen molar-refractivity contribution in [3.05, 3.63) is 12.7 Å². The van der Waals surface area contributed by atoms with E-state index < -0.39 is 15.3 Å². The molecule has 0 saturated carbocycles. The highest BCUT2D eigenvalue weighted by Crippen LogP contribution is 2.25. The van der Waals surface area contributed by atoms with E-state index in [2.05, 4.69) is 6.58 Å². The molecule has 0 aromatic rings. The van der Waals surface area contributed by atoms with Crippen LogP contribution >= 0.6 is 0 Å². The lowest BCUT2D eigenvalue weighted by Gasteiger charge is -2.31. The Morgan fingerprint density at radius 1 is 1.67 bits per heavy atom. The Morgan fingerprint density at radius 3 is 2.60 bits per heavy atom. The SMILES string of the molecule is C=CC[C@H](C)[C@H](C[C@@H]1CCO1)S(N)(=O)=O. The molecule has 15 heavy (non-hydrogen) atoms. The Balaban J connectivity index is 2.63. The fourth-order valence-corrected chi connectivity index (χ4v) is 3.08. The van der Waals surface area contributed by atoms with Crippen molar-refractivity contribution in [2.24, 2.45) is 11.1 Å².